The van der Waals surface area contributed by atoms with Crippen molar-refractivity contribution in [3.8, 4) is 11.5 Å². The van der Waals surface area contributed by atoms with Gasteiger partial charge in [-0.25, -0.2) is 15.0 Å². The van der Waals surface area contributed by atoms with Crippen LogP contribution in [0.2, 0.25) is 0 Å². The van der Waals surface area contributed by atoms with Crippen LogP contribution in [-0.4, -0.2) is 58.8 Å². The molecule has 0 saturated heterocycles. The molecule has 237 valence electrons. The lowest BCUT2D eigenvalue weighted by Crippen LogP contribution is -2.36. The Balaban J connectivity index is 1.21. The molecule has 0 aliphatic heterocycles. The van der Waals surface area contributed by atoms with E-state index in [1.165, 1.54) is 6.33 Å². The summed E-state index contributed by atoms with van der Waals surface area (Å²) in [7, 11) is 3.29. The number of imidazole rings is 1. The smallest absolute Gasteiger partial charge is 0.213 e. The molecule has 1 radical (unpaired) electrons. The molecule has 0 unspecified atom stereocenters. The van der Waals surface area contributed by atoms with Crippen molar-refractivity contribution in [2.45, 2.75) is 18.2 Å². The van der Waals surface area contributed by atoms with Crippen LogP contribution in [0, 0.1) is 6.92 Å². The summed E-state index contributed by atoms with van der Waals surface area (Å²) in [6, 6.07) is 34.8. The van der Waals surface area contributed by atoms with Crippen LogP contribution in [0.1, 0.15) is 32.7 Å². The SMILES string of the molecule is [CH2][C@H](COC(c1ccccc1)(c1ccc(OC)cc1)c1ccc(OC)cc1)OCCn1cnc2c(C(=O)c3ccccc3)ncnc21. The highest BCUT2D eigenvalue weighted by molar-refractivity contribution is 6.13. The van der Waals surface area contributed by atoms with E-state index < -0.39 is 11.7 Å². The summed E-state index contributed by atoms with van der Waals surface area (Å²) in [6.45, 7) is 5.20. The highest BCUT2D eigenvalue weighted by Gasteiger charge is 2.38. The van der Waals surface area contributed by atoms with Gasteiger partial charge in [-0.15, -0.1) is 0 Å². The number of ether oxygens (including phenoxy) is 4. The predicted molar refractivity (Wildman–Crippen MR) is 179 cm³/mol. The summed E-state index contributed by atoms with van der Waals surface area (Å²) in [6.07, 6.45) is 2.53. The average molecular weight is 628 g/mol. The maximum Gasteiger partial charge on any atom is 0.213 e. The normalized spacial score (nSPS) is 12.1. The minimum absolute atomic E-state index is 0.190. The molecule has 1 atom stereocenters. The molecule has 47 heavy (non-hydrogen) atoms. The molecule has 0 aliphatic carbocycles. The molecule has 0 spiro atoms. The molecule has 0 fully saturated rings. The number of carbonyl (C=O) groups excluding carboxylic acids is 1. The van der Waals surface area contributed by atoms with Gasteiger partial charge in [-0.05, 0) is 47.9 Å². The van der Waals surface area contributed by atoms with Gasteiger partial charge in [0.05, 0.1) is 39.9 Å². The monoisotopic (exact) mass is 627 g/mol. The number of hydrogen-bond donors (Lipinski definition) is 0. The second-order valence-electron chi connectivity index (χ2n) is 10.8. The third-order valence-corrected chi connectivity index (χ3v) is 8.00. The van der Waals surface area contributed by atoms with E-state index in [0.29, 0.717) is 29.9 Å². The molecule has 0 aliphatic rings. The number of aromatic nitrogens is 4. The number of benzene rings is 4. The van der Waals surface area contributed by atoms with Crippen molar-refractivity contribution in [3.63, 3.8) is 0 Å². The van der Waals surface area contributed by atoms with Gasteiger partial charge >= 0.3 is 0 Å². The minimum atomic E-state index is -0.974. The maximum absolute atomic E-state index is 13.1. The van der Waals surface area contributed by atoms with Gasteiger partial charge in [0.15, 0.2) is 5.65 Å². The fourth-order valence-corrected chi connectivity index (χ4v) is 5.59. The molecule has 0 amide bonds. The van der Waals surface area contributed by atoms with Gasteiger partial charge in [-0.1, -0.05) is 84.9 Å². The van der Waals surface area contributed by atoms with E-state index in [9.17, 15) is 4.79 Å². The van der Waals surface area contributed by atoms with Crippen molar-refractivity contribution in [3.05, 3.63) is 157 Å². The Morgan fingerprint density at radius 2 is 1.34 bits per heavy atom. The van der Waals surface area contributed by atoms with Gasteiger partial charge in [-0.2, -0.15) is 0 Å². The molecule has 2 aromatic heterocycles. The molecule has 9 nitrogen and oxygen atoms in total. The van der Waals surface area contributed by atoms with Crippen LogP contribution < -0.4 is 9.47 Å². The summed E-state index contributed by atoms with van der Waals surface area (Å²) in [4.78, 5) is 26.2. The fraction of sp³-hybridized carbons (Fsp3) is 0.184. The van der Waals surface area contributed by atoms with E-state index in [1.807, 2.05) is 89.5 Å². The fourth-order valence-electron chi connectivity index (χ4n) is 5.59. The van der Waals surface area contributed by atoms with E-state index in [4.69, 9.17) is 18.9 Å². The first-order chi connectivity index (χ1) is 23.0. The van der Waals surface area contributed by atoms with E-state index in [-0.39, 0.29) is 18.1 Å². The quantitative estimate of drug-likeness (QED) is 0.103. The Morgan fingerprint density at radius 3 is 1.94 bits per heavy atom. The van der Waals surface area contributed by atoms with Gasteiger partial charge in [-0.3, -0.25) is 4.79 Å². The molecule has 0 N–H and O–H groups in total. The highest BCUT2D eigenvalue weighted by atomic mass is 16.5. The van der Waals surface area contributed by atoms with E-state index in [1.54, 1.807) is 32.7 Å². The number of fused-ring (bicyclic) bond motifs is 1. The standard InChI is InChI=1S/C38H35N4O5/c1-27(46-23-22-42-26-41-35-34(39-25-40-37(35)42)36(43)28-10-6-4-7-11-28)24-47-38(29-12-8-5-9-13-29,30-14-18-32(44-2)19-15-30)31-16-20-33(45-3)21-17-31/h4-21,25-27H,1,22-24H2,2-3H3/t27-/m1/s1. The number of carbonyl (C=O) groups is 1. The van der Waals surface area contributed by atoms with Crippen molar-refractivity contribution >= 4 is 16.9 Å². The third kappa shape index (κ3) is 6.63. The summed E-state index contributed by atoms with van der Waals surface area (Å²) < 4.78 is 25.8. The molecule has 6 aromatic rings. The van der Waals surface area contributed by atoms with Crippen molar-refractivity contribution < 1.29 is 23.7 Å². The van der Waals surface area contributed by atoms with E-state index >= 15 is 0 Å². The molecule has 6 rings (SSSR count). The lowest BCUT2D eigenvalue weighted by Gasteiger charge is -2.37. The van der Waals surface area contributed by atoms with Crippen LogP contribution in [0.4, 0.5) is 0 Å². The predicted octanol–water partition coefficient (Wildman–Crippen LogP) is 6.30. The number of nitrogens with zero attached hydrogens (tertiary/aromatic N) is 4. The Kier molecular flexibility index (Phi) is 9.66. The molecule has 2 heterocycles. The van der Waals surface area contributed by atoms with Crippen LogP contribution in [-0.2, 0) is 21.6 Å². The van der Waals surface area contributed by atoms with Crippen molar-refractivity contribution in [2.24, 2.45) is 0 Å². The number of rotatable bonds is 14. The first kappa shape index (κ1) is 31.6. The maximum atomic E-state index is 13.1. The van der Waals surface area contributed by atoms with Gasteiger partial charge in [0.25, 0.3) is 0 Å². The first-order valence-corrected chi connectivity index (χ1v) is 15.2. The summed E-state index contributed by atoms with van der Waals surface area (Å²) in [5.41, 5.74) is 3.63. The number of ketones is 1. The largest absolute Gasteiger partial charge is 0.497 e. The third-order valence-electron chi connectivity index (χ3n) is 8.00. The first-order valence-electron chi connectivity index (χ1n) is 15.2. The Labute approximate surface area is 273 Å². The second kappa shape index (κ2) is 14.4. The highest BCUT2D eigenvalue weighted by Crippen LogP contribution is 2.41. The minimum Gasteiger partial charge on any atom is -0.497 e. The van der Waals surface area contributed by atoms with Gasteiger partial charge < -0.3 is 23.5 Å². The van der Waals surface area contributed by atoms with Gasteiger partial charge in [0.2, 0.25) is 5.78 Å². The van der Waals surface area contributed by atoms with Gasteiger partial charge in [0.1, 0.15) is 34.6 Å². The average Bonchev–Trinajstić information content (AvgIpc) is 3.56. The van der Waals surface area contributed by atoms with E-state index in [0.717, 1.165) is 28.2 Å². The van der Waals surface area contributed by atoms with Crippen LogP contribution >= 0.6 is 0 Å². The lowest BCUT2D eigenvalue weighted by molar-refractivity contribution is -0.0505. The van der Waals surface area contributed by atoms with Crippen LogP contribution in [0.5, 0.6) is 11.5 Å². The van der Waals surface area contributed by atoms with Crippen LogP contribution in [0.15, 0.2) is 122 Å². The lowest BCUT2D eigenvalue weighted by atomic mass is 9.80. The van der Waals surface area contributed by atoms with E-state index in [2.05, 4.69) is 34.0 Å². The topological polar surface area (TPSA) is 97.6 Å². The zero-order chi connectivity index (χ0) is 32.6. The number of methoxy groups -OCH3 is 2. The molecule has 4 aromatic carbocycles. The van der Waals surface area contributed by atoms with Crippen molar-refractivity contribution in [1.29, 1.82) is 0 Å². The van der Waals surface area contributed by atoms with Crippen molar-refractivity contribution in [2.75, 3.05) is 27.4 Å². The summed E-state index contributed by atoms with van der Waals surface area (Å²) >= 11 is 0. The molecule has 9 heteroatoms. The van der Waals surface area contributed by atoms with Crippen molar-refractivity contribution in [1.82, 2.24) is 19.5 Å². The molecular formula is C38H35N4O5. The Bertz CT molecular complexity index is 1860. The number of hydrogen-bond acceptors (Lipinski definition) is 8. The zero-order valence-electron chi connectivity index (χ0n) is 26.3. The second-order valence-corrected chi connectivity index (χ2v) is 10.8. The Hall–Kier alpha value is -5.38. The molecular weight excluding hydrogens is 592 g/mol. The zero-order valence-corrected chi connectivity index (χ0v) is 26.3. The molecule has 0 bridgehead atoms. The summed E-state index contributed by atoms with van der Waals surface area (Å²) in [5.74, 6) is 1.29. The molecule has 0 saturated carbocycles. The Morgan fingerprint density at radius 1 is 0.766 bits per heavy atom. The van der Waals surface area contributed by atoms with Crippen LogP contribution in [0.25, 0.3) is 11.2 Å². The van der Waals surface area contributed by atoms with Crippen LogP contribution in [0.3, 0.4) is 0 Å². The summed E-state index contributed by atoms with van der Waals surface area (Å²) in [5, 5.41) is 0. The van der Waals surface area contributed by atoms with Gasteiger partial charge in [0, 0.05) is 12.1 Å².